The van der Waals surface area contributed by atoms with Crippen LogP contribution in [0, 0.1) is 5.92 Å². The number of esters is 1. The molecule has 4 nitrogen and oxygen atoms in total. The van der Waals surface area contributed by atoms with Crippen molar-refractivity contribution in [1.29, 1.82) is 0 Å². The Labute approximate surface area is 110 Å². The molecule has 0 aromatic heterocycles. The zero-order valence-electron chi connectivity index (χ0n) is 11.8. The van der Waals surface area contributed by atoms with Crippen molar-refractivity contribution < 1.29 is 14.3 Å². The summed E-state index contributed by atoms with van der Waals surface area (Å²) in [5.74, 6) is 0.372. The van der Waals surface area contributed by atoms with Crippen LogP contribution in [0.1, 0.15) is 52.9 Å². The van der Waals surface area contributed by atoms with E-state index in [1.54, 1.807) is 11.8 Å². The first-order chi connectivity index (χ1) is 8.56. The summed E-state index contributed by atoms with van der Waals surface area (Å²) in [5, 5.41) is 0. The van der Waals surface area contributed by atoms with Crippen LogP contribution in [-0.4, -0.2) is 36.0 Å². The molecule has 104 valence electrons. The summed E-state index contributed by atoms with van der Waals surface area (Å²) in [5.41, 5.74) is 0. The number of rotatable bonds is 5. The summed E-state index contributed by atoms with van der Waals surface area (Å²) in [6.07, 6.45) is 4.14. The number of nitrogens with zero attached hydrogens (tertiary/aromatic N) is 1. The van der Waals surface area contributed by atoms with Gasteiger partial charge in [0.25, 0.3) is 0 Å². The highest BCUT2D eigenvalue weighted by Gasteiger charge is 2.32. The summed E-state index contributed by atoms with van der Waals surface area (Å²) in [6.45, 7) is 7.08. The number of carbonyl (C=O) groups is 2. The summed E-state index contributed by atoms with van der Waals surface area (Å²) >= 11 is 0. The third-order valence-electron chi connectivity index (χ3n) is 3.32. The molecule has 0 N–H and O–H groups in total. The topological polar surface area (TPSA) is 46.6 Å². The predicted molar refractivity (Wildman–Crippen MR) is 70.1 cm³/mol. The van der Waals surface area contributed by atoms with Crippen LogP contribution in [0.5, 0.6) is 0 Å². The van der Waals surface area contributed by atoms with Crippen LogP contribution in [0.3, 0.4) is 0 Å². The number of likely N-dealkylation sites (tertiary alicyclic amines) is 1. The zero-order valence-corrected chi connectivity index (χ0v) is 11.8. The number of ether oxygens (including phenoxy) is 1. The Morgan fingerprint density at radius 3 is 2.67 bits per heavy atom. The predicted octanol–water partition coefficient (Wildman–Crippen LogP) is 2.37. The average Bonchev–Trinajstić information content (AvgIpc) is 2.36. The smallest absolute Gasteiger partial charge is 0.328 e. The van der Waals surface area contributed by atoms with E-state index in [0.717, 1.165) is 25.7 Å². The highest BCUT2D eigenvalue weighted by atomic mass is 16.5. The zero-order chi connectivity index (χ0) is 13.5. The maximum absolute atomic E-state index is 12.1. The Kier molecular flexibility index (Phi) is 6.16. The SMILES string of the molecule is CCOC(=O)C1CCCCN1C(=O)CCC(C)C. The molecule has 1 heterocycles. The van der Waals surface area contributed by atoms with Gasteiger partial charge in [0.2, 0.25) is 5.91 Å². The van der Waals surface area contributed by atoms with E-state index in [-0.39, 0.29) is 17.9 Å². The molecule has 0 aromatic rings. The molecule has 1 unspecified atom stereocenters. The molecule has 1 atom stereocenters. The molecule has 1 aliphatic heterocycles. The van der Waals surface area contributed by atoms with Crippen LogP contribution < -0.4 is 0 Å². The van der Waals surface area contributed by atoms with Crippen LogP contribution >= 0.6 is 0 Å². The van der Waals surface area contributed by atoms with Crippen LogP contribution in [0.4, 0.5) is 0 Å². The fourth-order valence-corrected chi connectivity index (χ4v) is 2.27. The fraction of sp³-hybridized carbons (Fsp3) is 0.857. The second-order valence-electron chi connectivity index (χ2n) is 5.28. The molecule has 0 saturated carbocycles. The van der Waals surface area contributed by atoms with Crippen molar-refractivity contribution in [2.24, 2.45) is 5.92 Å². The van der Waals surface area contributed by atoms with Gasteiger partial charge in [-0.15, -0.1) is 0 Å². The van der Waals surface area contributed by atoms with Crippen LogP contribution in [0.15, 0.2) is 0 Å². The van der Waals surface area contributed by atoms with Gasteiger partial charge in [-0.3, -0.25) is 4.79 Å². The van der Waals surface area contributed by atoms with Gasteiger partial charge in [0.1, 0.15) is 6.04 Å². The van der Waals surface area contributed by atoms with Gasteiger partial charge in [-0.1, -0.05) is 13.8 Å². The molecule has 1 rings (SSSR count). The van der Waals surface area contributed by atoms with E-state index in [1.807, 2.05) is 0 Å². The first-order valence-electron chi connectivity index (χ1n) is 7.02. The summed E-state index contributed by atoms with van der Waals surface area (Å²) < 4.78 is 5.05. The Morgan fingerprint density at radius 1 is 1.33 bits per heavy atom. The quantitative estimate of drug-likeness (QED) is 0.708. The van der Waals surface area contributed by atoms with Crippen molar-refractivity contribution in [3.8, 4) is 0 Å². The Balaban J connectivity index is 2.58. The molecule has 0 bridgehead atoms. The lowest BCUT2D eigenvalue weighted by molar-refractivity contribution is -0.156. The van der Waals surface area contributed by atoms with Crippen LogP contribution in [-0.2, 0) is 14.3 Å². The van der Waals surface area contributed by atoms with Gasteiger partial charge in [-0.2, -0.15) is 0 Å². The first-order valence-corrected chi connectivity index (χ1v) is 7.02. The second-order valence-corrected chi connectivity index (χ2v) is 5.28. The van der Waals surface area contributed by atoms with Crippen molar-refractivity contribution >= 4 is 11.9 Å². The molecule has 1 amide bonds. The normalized spacial score (nSPS) is 20.0. The molecule has 0 aromatic carbocycles. The first kappa shape index (κ1) is 15.0. The molecule has 1 saturated heterocycles. The lowest BCUT2D eigenvalue weighted by atomic mass is 10.0. The molecular formula is C14H25NO3. The summed E-state index contributed by atoms with van der Waals surface area (Å²) in [6, 6.07) is -0.349. The van der Waals surface area contributed by atoms with E-state index in [4.69, 9.17) is 4.74 Å². The summed E-state index contributed by atoms with van der Waals surface area (Å²) in [4.78, 5) is 25.7. The van der Waals surface area contributed by atoms with Gasteiger partial charge in [-0.25, -0.2) is 4.79 Å². The van der Waals surface area contributed by atoms with Gasteiger partial charge in [0, 0.05) is 13.0 Å². The van der Waals surface area contributed by atoms with E-state index in [1.165, 1.54) is 0 Å². The van der Waals surface area contributed by atoms with E-state index < -0.39 is 0 Å². The van der Waals surface area contributed by atoms with Crippen molar-refractivity contribution in [1.82, 2.24) is 4.90 Å². The van der Waals surface area contributed by atoms with Crippen molar-refractivity contribution in [2.75, 3.05) is 13.2 Å². The molecule has 4 heteroatoms. The lowest BCUT2D eigenvalue weighted by Gasteiger charge is -2.34. The standard InChI is InChI=1S/C14H25NO3/c1-4-18-14(17)12-7-5-6-10-15(12)13(16)9-8-11(2)3/h11-12H,4-10H2,1-3H3. The summed E-state index contributed by atoms with van der Waals surface area (Å²) in [7, 11) is 0. The highest BCUT2D eigenvalue weighted by molar-refractivity contribution is 5.84. The molecule has 0 spiro atoms. The second kappa shape index (κ2) is 7.39. The van der Waals surface area contributed by atoms with E-state index in [9.17, 15) is 9.59 Å². The van der Waals surface area contributed by atoms with Gasteiger partial charge >= 0.3 is 5.97 Å². The van der Waals surface area contributed by atoms with E-state index in [0.29, 0.717) is 25.5 Å². The molecule has 1 fully saturated rings. The number of hydrogen-bond donors (Lipinski definition) is 0. The van der Waals surface area contributed by atoms with Crippen LogP contribution in [0.2, 0.25) is 0 Å². The molecule has 18 heavy (non-hydrogen) atoms. The molecule has 0 radical (unpaired) electrons. The van der Waals surface area contributed by atoms with Crippen molar-refractivity contribution in [3.63, 3.8) is 0 Å². The van der Waals surface area contributed by atoms with Gasteiger partial charge in [-0.05, 0) is 38.5 Å². The minimum Gasteiger partial charge on any atom is -0.464 e. The molecule has 1 aliphatic rings. The van der Waals surface area contributed by atoms with Crippen LogP contribution in [0.25, 0.3) is 0 Å². The van der Waals surface area contributed by atoms with Gasteiger partial charge in [0.05, 0.1) is 6.61 Å². The Bertz CT molecular complexity index is 289. The maximum Gasteiger partial charge on any atom is 0.328 e. The van der Waals surface area contributed by atoms with Crippen molar-refractivity contribution in [2.45, 2.75) is 58.9 Å². The number of hydrogen-bond acceptors (Lipinski definition) is 3. The minimum absolute atomic E-state index is 0.0986. The van der Waals surface area contributed by atoms with Gasteiger partial charge in [0.15, 0.2) is 0 Å². The monoisotopic (exact) mass is 255 g/mol. The lowest BCUT2D eigenvalue weighted by Crippen LogP contribution is -2.48. The highest BCUT2D eigenvalue weighted by Crippen LogP contribution is 2.20. The Morgan fingerprint density at radius 2 is 2.06 bits per heavy atom. The van der Waals surface area contributed by atoms with Crippen molar-refractivity contribution in [3.05, 3.63) is 0 Å². The average molecular weight is 255 g/mol. The maximum atomic E-state index is 12.1. The third kappa shape index (κ3) is 4.31. The number of carbonyl (C=O) groups excluding carboxylic acids is 2. The minimum atomic E-state index is -0.349. The van der Waals surface area contributed by atoms with E-state index >= 15 is 0 Å². The Hall–Kier alpha value is -1.06. The third-order valence-corrected chi connectivity index (χ3v) is 3.32. The number of amides is 1. The fourth-order valence-electron chi connectivity index (χ4n) is 2.27. The van der Waals surface area contributed by atoms with E-state index in [2.05, 4.69) is 13.8 Å². The molecule has 0 aliphatic carbocycles. The molecular weight excluding hydrogens is 230 g/mol. The largest absolute Gasteiger partial charge is 0.464 e. The van der Waals surface area contributed by atoms with Gasteiger partial charge < -0.3 is 9.64 Å². The number of piperidine rings is 1.